The second-order valence-corrected chi connectivity index (χ2v) is 17.8. The fourth-order valence-electron chi connectivity index (χ4n) is 5.13. The molecule has 1 amide bonds. The van der Waals surface area contributed by atoms with Crippen LogP contribution in [0.2, 0.25) is 5.04 Å². The van der Waals surface area contributed by atoms with Crippen LogP contribution >= 0.6 is 22.6 Å². The third-order valence-corrected chi connectivity index (χ3v) is 13.7. The zero-order valence-corrected chi connectivity index (χ0v) is 27.3. The fraction of sp³-hybridized carbons (Fsp3) is 0.387. The van der Waals surface area contributed by atoms with E-state index in [4.69, 9.17) is 14.6 Å². The van der Waals surface area contributed by atoms with Crippen molar-refractivity contribution in [3.8, 4) is 0 Å². The second-order valence-electron chi connectivity index (χ2n) is 12.0. The van der Waals surface area contributed by atoms with Gasteiger partial charge >= 0.3 is 6.09 Å². The van der Waals surface area contributed by atoms with Crippen molar-refractivity contribution in [3.05, 3.63) is 82.7 Å². The summed E-state index contributed by atoms with van der Waals surface area (Å²) < 4.78 is 15.0. The Labute approximate surface area is 251 Å². The van der Waals surface area contributed by atoms with Crippen molar-refractivity contribution in [1.82, 2.24) is 20.1 Å². The van der Waals surface area contributed by atoms with Gasteiger partial charge in [-0.15, -0.1) is 0 Å². The number of ether oxygens (including phenoxy) is 2. The first-order chi connectivity index (χ1) is 18.9. The van der Waals surface area contributed by atoms with Crippen molar-refractivity contribution in [1.29, 1.82) is 0 Å². The fourth-order valence-corrected chi connectivity index (χ4v) is 10.6. The van der Waals surface area contributed by atoms with Crippen molar-refractivity contribution in [2.45, 2.75) is 58.2 Å². The molecule has 2 heterocycles. The van der Waals surface area contributed by atoms with Crippen LogP contribution in [0.3, 0.4) is 0 Å². The van der Waals surface area contributed by atoms with Gasteiger partial charge < -0.3 is 14.8 Å². The van der Waals surface area contributed by atoms with Crippen molar-refractivity contribution in [2.75, 3.05) is 19.4 Å². The van der Waals surface area contributed by atoms with E-state index in [1.165, 1.54) is 10.4 Å². The third-order valence-electron chi connectivity index (χ3n) is 7.09. The normalized spacial score (nSPS) is 13.3. The van der Waals surface area contributed by atoms with E-state index in [1.54, 1.807) is 6.20 Å². The molecular formula is C31H39IN4O3Si. The van der Waals surface area contributed by atoms with Crippen LogP contribution in [0.4, 0.5) is 4.79 Å². The Kier molecular flexibility index (Phi) is 9.36. The first kappa shape index (κ1) is 30.2. The van der Waals surface area contributed by atoms with Gasteiger partial charge in [-0.2, -0.15) is 5.10 Å². The molecule has 1 atom stereocenters. The number of carbonyl (C=O) groups excluding carboxylic acids is 1. The smallest absolute Gasteiger partial charge is 0.407 e. The second kappa shape index (κ2) is 12.4. The van der Waals surface area contributed by atoms with Crippen molar-refractivity contribution in [2.24, 2.45) is 0 Å². The van der Waals surface area contributed by atoms with E-state index >= 15 is 0 Å². The van der Waals surface area contributed by atoms with Crippen LogP contribution in [-0.2, 0) is 9.47 Å². The summed E-state index contributed by atoms with van der Waals surface area (Å²) in [7, 11) is -2.42. The number of hydrogen-bond donors (Lipinski definition) is 1. The number of fused-ring (bicyclic) bond motifs is 1. The Morgan fingerprint density at radius 3 is 2.10 bits per heavy atom. The summed E-state index contributed by atoms with van der Waals surface area (Å²) in [6.45, 7) is 13.1. The number of halogens is 1. The number of carbonyl (C=O) groups is 1. The van der Waals surface area contributed by atoms with Crippen molar-refractivity contribution < 1.29 is 14.3 Å². The van der Waals surface area contributed by atoms with Gasteiger partial charge in [-0.25, -0.2) is 14.5 Å². The van der Waals surface area contributed by atoms with Gasteiger partial charge in [-0.1, -0.05) is 91.8 Å². The zero-order chi connectivity index (χ0) is 29.0. The molecule has 1 unspecified atom stereocenters. The lowest BCUT2D eigenvalue weighted by atomic mass is 10.2. The van der Waals surface area contributed by atoms with Crippen LogP contribution in [0, 0.1) is 3.70 Å². The number of alkyl carbamates (subject to hydrolysis) is 1. The van der Waals surface area contributed by atoms with Crippen LogP contribution in [0.5, 0.6) is 0 Å². The van der Waals surface area contributed by atoms with Gasteiger partial charge in [0.2, 0.25) is 0 Å². The molecule has 0 bridgehead atoms. The molecule has 212 valence electrons. The van der Waals surface area contributed by atoms with Gasteiger partial charge in [0.15, 0.2) is 5.65 Å². The molecule has 9 heteroatoms. The summed E-state index contributed by atoms with van der Waals surface area (Å²) >= 11 is 2.23. The van der Waals surface area contributed by atoms with Crippen LogP contribution in [-0.4, -0.2) is 53.9 Å². The molecule has 2 aromatic carbocycles. The highest BCUT2D eigenvalue weighted by atomic mass is 127. The third kappa shape index (κ3) is 6.75. The van der Waals surface area contributed by atoms with E-state index in [1.807, 2.05) is 37.6 Å². The Balaban J connectivity index is 1.67. The van der Waals surface area contributed by atoms with E-state index in [0.29, 0.717) is 19.4 Å². The van der Waals surface area contributed by atoms with Crippen LogP contribution < -0.4 is 15.7 Å². The molecule has 2 aromatic heterocycles. The van der Waals surface area contributed by atoms with Crippen LogP contribution in [0.1, 0.15) is 47.6 Å². The number of pyridine rings is 1. The van der Waals surface area contributed by atoms with Gasteiger partial charge in [-0.3, -0.25) is 0 Å². The molecule has 7 nitrogen and oxygen atoms in total. The summed E-state index contributed by atoms with van der Waals surface area (Å²) in [5, 5.41) is 11.3. The van der Waals surface area contributed by atoms with Gasteiger partial charge in [0.1, 0.15) is 17.4 Å². The molecule has 0 saturated heterocycles. The summed E-state index contributed by atoms with van der Waals surface area (Å²) in [4.78, 5) is 17.2. The molecule has 0 aliphatic carbocycles. The number of hydrogen-bond acceptors (Lipinski definition) is 5. The Morgan fingerprint density at radius 2 is 1.55 bits per heavy atom. The highest BCUT2D eigenvalue weighted by molar-refractivity contribution is 14.1. The summed E-state index contributed by atoms with van der Waals surface area (Å²) in [5.41, 5.74) is 0.172. The molecule has 0 radical (unpaired) electrons. The molecule has 0 aliphatic heterocycles. The lowest BCUT2D eigenvalue weighted by Crippen LogP contribution is -2.67. The minimum Gasteiger partial charge on any atom is -0.444 e. The predicted molar refractivity (Wildman–Crippen MR) is 172 cm³/mol. The SMILES string of the molecule is CC(C)(C)OC(=O)NCC(COC[Si](c1ccccc1)(c1ccccc1)C(C)(C)C)n1nc(I)c2cccnc21. The van der Waals surface area contributed by atoms with Crippen molar-refractivity contribution >= 4 is 58.2 Å². The van der Waals surface area contributed by atoms with Crippen LogP contribution in [0.25, 0.3) is 11.0 Å². The number of nitrogens with zero attached hydrogens (tertiary/aromatic N) is 3. The van der Waals surface area contributed by atoms with Crippen LogP contribution in [0.15, 0.2) is 79.0 Å². The summed E-state index contributed by atoms with van der Waals surface area (Å²) in [6, 6.07) is 25.2. The maximum atomic E-state index is 12.6. The first-order valence-corrected chi connectivity index (χ1v) is 16.9. The maximum absolute atomic E-state index is 12.6. The highest BCUT2D eigenvalue weighted by Gasteiger charge is 2.48. The minimum absolute atomic E-state index is 0.0324. The Hall–Kier alpha value is -2.76. The standard InChI is InChI=1S/C31H39IN4O3Si/c1-30(2,3)39-29(37)34-20-23(36-28-26(27(32)35-36)18-13-19-33-28)21-38-22-40(31(4,5)6,24-14-9-7-10-15-24)25-16-11-8-12-17-25/h7-19,23H,20-22H2,1-6H3,(H,34,37). The Morgan fingerprint density at radius 1 is 0.950 bits per heavy atom. The molecule has 4 rings (SSSR count). The van der Waals surface area contributed by atoms with Gasteiger partial charge in [0, 0.05) is 19.0 Å². The average Bonchev–Trinajstić information content (AvgIpc) is 3.24. The number of aromatic nitrogens is 3. The number of amides is 1. The summed E-state index contributed by atoms with van der Waals surface area (Å²) in [5.74, 6) is 0. The average molecular weight is 671 g/mol. The maximum Gasteiger partial charge on any atom is 0.407 e. The quantitative estimate of drug-likeness (QED) is 0.182. The molecule has 0 saturated carbocycles. The molecule has 0 fully saturated rings. The minimum atomic E-state index is -2.42. The lowest BCUT2D eigenvalue weighted by Gasteiger charge is -2.44. The topological polar surface area (TPSA) is 78.3 Å². The predicted octanol–water partition coefficient (Wildman–Crippen LogP) is 5.72. The van der Waals surface area contributed by atoms with E-state index < -0.39 is 19.8 Å². The van der Waals surface area contributed by atoms with Gasteiger partial charge in [0.25, 0.3) is 0 Å². The Bertz CT molecular complexity index is 1380. The highest BCUT2D eigenvalue weighted by Crippen LogP contribution is 2.36. The monoisotopic (exact) mass is 670 g/mol. The van der Waals surface area contributed by atoms with E-state index in [0.717, 1.165) is 14.7 Å². The molecule has 1 N–H and O–H groups in total. The first-order valence-electron chi connectivity index (χ1n) is 13.6. The number of benzene rings is 2. The molecule has 0 spiro atoms. The largest absolute Gasteiger partial charge is 0.444 e. The van der Waals surface area contributed by atoms with E-state index in [-0.39, 0.29) is 11.1 Å². The molecular weight excluding hydrogens is 631 g/mol. The van der Waals surface area contributed by atoms with Crippen molar-refractivity contribution in [3.63, 3.8) is 0 Å². The summed E-state index contributed by atoms with van der Waals surface area (Å²) in [6.07, 6.45) is 1.87. The molecule has 4 aromatic rings. The lowest BCUT2D eigenvalue weighted by molar-refractivity contribution is 0.0504. The number of nitrogens with one attached hydrogen (secondary N) is 1. The molecule has 40 heavy (non-hydrogen) atoms. The molecule has 0 aliphatic rings. The zero-order valence-electron chi connectivity index (χ0n) is 24.1. The van der Waals surface area contributed by atoms with E-state index in [2.05, 4.69) is 114 Å². The van der Waals surface area contributed by atoms with Gasteiger partial charge in [-0.05, 0) is 60.5 Å². The van der Waals surface area contributed by atoms with E-state index in [9.17, 15) is 4.79 Å². The van der Waals surface area contributed by atoms with Gasteiger partial charge in [0.05, 0.1) is 18.0 Å². The number of rotatable bonds is 9.